The van der Waals surface area contributed by atoms with Crippen LogP contribution in [0.5, 0.6) is 5.75 Å². The maximum absolute atomic E-state index is 13.7. The number of anilines is 2. The third kappa shape index (κ3) is 4.24. The Balaban J connectivity index is 1.55. The van der Waals surface area contributed by atoms with E-state index in [9.17, 15) is 9.59 Å². The third-order valence-electron chi connectivity index (χ3n) is 6.53. The number of ether oxygens (including phenoxy) is 1. The van der Waals surface area contributed by atoms with Crippen LogP contribution in [0.3, 0.4) is 0 Å². The number of aryl methyl sites for hydroxylation is 1. The fraction of sp³-hybridized carbons (Fsp3) is 0.308. The molecule has 0 radical (unpaired) electrons. The summed E-state index contributed by atoms with van der Waals surface area (Å²) in [5, 5.41) is 0. The van der Waals surface area contributed by atoms with E-state index in [1.807, 2.05) is 44.2 Å². The zero-order valence-corrected chi connectivity index (χ0v) is 22.1. The van der Waals surface area contributed by atoms with Gasteiger partial charge in [-0.3, -0.25) is 18.9 Å². The molecule has 2 fully saturated rings. The number of amides is 1. The number of pyridine rings is 1. The first-order valence-electron chi connectivity index (χ1n) is 11.8. The molecular formula is C26H27N5O3S2. The van der Waals surface area contributed by atoms with Gasteiger partial charge in [-0.15, -0.1) is 0 Å². The van der Waals surface area contributed by atoms with Crippen LogP contribution in [-0.2, 0) is 4.79 Å². The summed E-state index contributed by atoms with van der Waals surface area (Å²) in [4.78, 5) is 38.0. The summed E-state index contributed by atoms with van der Waals surface area (Å²) >= 11 is 6.60. The number of fused-ring (bicyclic) bond motifs is 1. The topological polar surface area (TPSA) is 70.4 Å². The molecule has 4 heterocycles. The number of nitrogens with zero attached hydrogens (tertiary/aromatic N) is 5. The zero-order chi connectivity index (χ0) is 25.4. The van der Waals surface area contributed by atoms with Crippen molar-refractivity contribution in [3.05, 3.63) is 69.0 Å². The van der Waals surface area contributed by atoms with Crippen LogP contribution in [0.15, 0.2) is 52.3 Å². The van der Waals surface area contributed by atoms with E-state index >= 15 is 0 Å². The van der Waals surface area contributed by atoms with Gasteiger partial charge in [0.15, 0.2) is 0 Å². The Bertz CT molecular complexity index is 1440. The maximum atomic E-state index is 13.7. The van der Waals surface area contributed by atoms with E-state index in [0.717, 1.165) is 30.1 Å². The van der Waals surface area contributed by atoms with Crippen molar-refractivity contribution in [2.24, 2.45) is 0 Å². The minimum absolute atomic E-state index is 0.173. The summed E-state index contributed by atoms with van der Waals surface area (Å²) in [7, 11) is 1.68. The number of rotatable bonds is 5. The van der Waals surface area contributed by atoms with Crippen LogP contribution in [0.1, 0.15) is 18.1 Å². The highest BCUT2D eigenvalue weighted by Crippen LogP contribution is 2.34. The molecule has 10 heteroatoms. The molecule has 0 aliphatic carbocycles. The van der Waals surface area contributed by atoms with Gasteiger partial charge in [0.1, 0.15) is 21.5 Å². The molecule has 3 aromatic rings. The first-order chi connectivity index (χ1) is 17.4. The highest BCUT2D eigenvalue weighted by atomic mass is 32.2. The van der Waals surface area contributed by atoms with Crippen LogP contribution < -0.4 is 20.1 Å². The van der Waals surface area contributed by atoms with E-state index in [4.69, 9.17) is 21.9 Å². The smallest absolute Gasteiger partial charge is 0.267 e. The molecule has 2 aliphatic rings. The van der Waals surface area contributed by atoms with Crippen molar-refractivity contribution in [3.8, 4) is 5.75 Å². The Hall–Kier alpha value is -3.37. The van der Waals surface area contributed by atoms with E-state index in [2.05, 4.69) is 15.9 Å². The van der Waals surface area contributed by atoms with Gasteiger partial charge in [0, 0.05) is 38.9 Å². The van der Waals surface area contributed by atoms with Crippen molar-refractivity contribution < 1.29 is 9.53 Å². The third-order valence-corrected chi connectivity index (χ3v) is 7.91. The zero-order valence-electron chi connectivity index (χ0n) is 20.4. The summed E-state index contributed by atoms with van der Waals surface area (Å²) in [5.74, 6) is 1.26. The number of thioether (sulfide) groups is 1. The quantitative estimate of drug-likeness (QED) is 0.373. The molecule has 0 spiro atoms. The molecule has 2 saturated heterocycles. The van der Waals surface area contributed by atoms with Crippen molar-refractivity contribution >= 4 is 57.4 Å². The highest BCUT2D eigenvalue weighted by Gasteiger charge is 2.32. The first kappa shape index (κ1) is 24.3. The Labute approximate surface area is 219 Å². The number of hydrogen-bond donors (Lipinski definition) is 0. The van der Waals surface area contributed by atoms with Gasteiger partial charge in [-0.1, -0.05) is 42.2 Å². The minimum atomic E-state index is -0.201. The van der Waals surface area contributed by atoms with E-state index in [-0.39, 0.29) is 11.5 Å². The molecule has 0 unspecified atom stereocenters. The average Bonchev–Trinajstić information content (AvgIpc) is 3.17. The molecular weight excluding hydrogens is 494 g/mol. The molecule has 5 rings (SSSR count). The lowest BCUT2D eigenvalue weighted by molar-refractivity contribution is -0.121. The van der Waals surface area contributed by atoms with Gasteiger partial charge in [-0.25, -0.2) is 4.98 Å². The van der Waals surface area contributed by atoms with Gasteiger partial charge >= 0.3 is 0 Å². The fourth-order valence-electron chi connectivity index (χ4n) is 4.62. The minimum Gasteiger partial charge on any atom is -0.495 e. The summed E-state index contributed by atoms with van der Waals surface area (Å²) in [5.41, 5.74) is 2.77. The number of aromatic nitrogens is 2. The number of carbonyl (C=O) groups excluding carboxylic acids is 1. The lowest BCUT2D eigenvalue weighted by atomic mass is 10.2. The van der Waals surface area contributed by atoms with Crippen LogP contribution in [0, 0.1) is 6.92 Å². The van der Waals surface area contributed by atoms with E-state index in [0.29, 0.717) is 45.9 Å². The number of piperazine rings is 1. The molecule has 186 valence electrons. The van der Waals surface area contributed by atoms with Crippen LogP contribution in [0.25, 0.3) is 11.7 Å². The second kappa shape index (κ2) is 9.94. The molecule has 2 aromatic heterocycles. The number of hydrogen-bond acceptors (Lipinski definition) is 8. The van der Waals surface area contributed by atoms with Crippen molar-refractivity contribution in [1.82, 2.24) is 14.3 Å². The molecule has 0 bridgehead atoms. The number of likely N-dealkylation sites (N-methyl/N-ethyl adjacent to an activating group) is 1. The largest absolute Gasteiger partial charge is 0.495 e. The molecule has 8 nitrogen and oxygen atoms in total. The summed E-state index contributed by atoms with van der Waals surface area (Å²) in [6.07, 6.45) is 3.39. The van der Waals surface area contributed by atoms with Gasteiger partial charge in [0.2, 0.25) is 0 Å². The highest BCUT2D eigenvalue weighted by molar-refractivity contribution is 8.26. The van der Waals surface area contributed by atoms with Crippen molar-refractivity contribution in [3.63, 3.8) is 0 Å². The van der Waals surface area contributed by atoms with Crippen LogP contribution >= 0.6 is 24.0 Å². The lowest BCUT2D eigenvalue weighted by Gasteiger charge is -2.37. The average molecular weight is 522 g/mol. The van der Waals surface area contributed by atoms with Crippen molar-refractivity contribution in [1.29, 1.82) is 0 Å². The van der Waals surface area contributed by atoms with E-state index in [1.54, 1.807) is 28.7 Å². The predicted octanol–water partition coefficient (Wildman–Crippen LogP) is 3.56. The Morgan fingerprint density at radius 3 is 2.50 bits per heavy atom. The summed E-state index contributed by atoms with van der Waals surface area (Å²) in [6, 6.07) is 11.7. The van der Waals surface area contributed by atoms with Crippen molar-refractivity contribution in [2.45, 2.75) is 13.8 Å². The molecule has 0 saturated carbocycles. The van der Waals surface area contributed by atoms with Gasteiger partial charge < -0.3 is 14.5 Å². The molecule has 0 atom stereocenters. The fourth-order valence-corrected chi connectivity index (χ4v) is 5.99. The Morgan fingerprint density at radius 2 is 1.81 bits per heavy atom. The van der Waals surface area contributed by atoms with Crippen LogP contribution in [0.2, 0.25) is 0 Å². The number of benzene rings is 1. The van der Waals surface area contributed by atoms with Crippen molar-refractivity contribution in [2.75, 3.05) is 49.6 Å². The van der Waals surface area contributed by atoms with Gasteiger partial charge in [-0.05, 0) is 43.7 Å². The van der Waals surface area contributed by atoms with Gasteiger partial charge in [0.25, 0.3) is 11.5 Å². The number of methoxy groups -OCH3 is 1. The van der Waals surface area contributed by atoms with Gasteiger partial charge in [-0.2, -0.15) is 0 Å². The van der Waals surface area contributed by atoms with E-state index in [1.165, 1.54) is 11.8 Å². The molecule has 0 N–H and O–H groups in total. The number of carbonyl (C=O) groups is 1. The molecule has 1 amide bonds. The number of thiocarbonyl (C=S) groups is 1. The van der Waals surface area contributed by atoms with Crippen LogP contribution in [0.4, 0.5) is 11.5 Å². The maximum Gasteiger partial charge on any atom is 0.267 e. The van der Waals surface area contributed by atoms with Gasteiger partial charge in [0.05, 0.1) is 23.3 Å². The second-order valence-electron chi connectivity index (χ2n) is 8.61. The van der Waals surface area contributed by atoms with E-state index < -0.39 is 0 Å². The first-order valence-corrected chi connectivity index (χ1v) is 13.1. The summed E-state index contributed by atoms with van der Waals surface area (Å²) in [6.45, 7) is 7.15. The molecule has 2 aliphatic heterocycles. The normalized spacial score (nSPS) is 17.5. The summed E-state index contributed by atoms with van der Waals surface area (Å²) < 4.78 is 7.61. The number of para-hydroxylation sites is 2. The Kier molecular flexibility index (Phi) is 6.72. The standard InChI is InChI=1S/C26H27N5O3S2/c1-4-30-25(33)21(36-26(30)35)16-18-23(27-22-17(2)8-7-11-31(22)24(18)32)29-14-12-28(13-15-29)19-9-5-6-10-20(19)34-3/h5-11,16H,4,12-15H2,1-3H3/b21-16-. The SMILES string of the molecule is CCN1C(=O)/C(=C/c2c(N3CCN(c4ccccc4OC)CC3)nc3c(C)cccn3c2=O)SC1=S. The predicted molar refractivity (Wildman–Crippen MR) is 149 cm³/mol. The second-order valence-corrected chi connectivity index (χ2v) is 10.3. The monoisotopic (exact) mass is 521 g/mol. The molecule has 36 heavy (non-hydrogen) atoms. The molecule has 1 aromatic carbocycles. The van der Waals surface area contributed by atoms with Crippen LogP contribution in [-0.4, -0.2) is 64.3 Å². The lowest BCUT2D eigenvalue weighted by Crippen LogP contribution is -2.47. The Morgan fingerprint density at radius 1 is 1.08 bits per heavy atom.